The number of carbonyl (C=O) groups excluding carboxylic acids is 1. The second-order valence-corrected chi connectivity index (χ2v) is 8.45. The lowest BCUT2D eigenvalue weighted by molar-refractivity contribution is -0.137. The molecule has 32 heavy (non-hydrogen) atoms. The quantitative estimate of drug-likeness (QED) is 0.303. The molecule has 1 aromatic carbocycles. The van der Waals surface area contributed by atoms with Crippen LogP contribution < -0.4 is 10.6 Å². The molecule has 2 aliphatic rings. The van der Waals surface area contributed by atoms with Crippen molar-refractivity contribution >= 4 is 35.8 Å². The first kappa shape index (κ1) is 26.8. The molecule has 1 amide bonds. The molecule has 2 N–H and O–H groups in total. The van der Waals surface area contributed by atoms with Crippen LogP contribution in [0.4, 0.5) is 8.78 Å². The number of nitrogens with one attached hydrogen (secondary N) is 2. The van der Waals surface area contributed by atoms with Crippen molar-refractivity contribution in [3.8, 4) is 0 Å². The van der Waals surface area contributed by atoms with Crippen LogP contribution in [0, 0.1) is 17.6 Å². The molecule has 2 fully saturated rings. The van der Waals surface area contributed by atoms with E-state index in [-0.39, 0.29) is 35.9 Å². The smallest absolute Gasteiger partial charge is 0.225 e. The summed E-state index contributed by atoms with van der Waals surface area (Å²) in [6.07, 6.45) is 4.48. The molecule has 0 radical (unpaired) electrons. The maximum Gasteiger partial charge on any atom is 0.225 e. The second-order valence-electron chi connectivity index (χ2n) is 8.45. The van der Waals surface area contributed by atoms with Crippen molar-refractivity contribution in [2.45, 2.75) is 45.6 Å². The van der Waals surface area contributed by atoms with Crippen LogP contribution >= 0.6 is 24.0 Å². The maximum atomic E-state index is 13.5. The first-order valence-electron chi connectivity index (χ1n) is 11.5. The van der Waals surface area contributed by atoms with E-state index in [1.807, 2.05) is 18.7 Å². The number of benzene rings is 1. The molecule has 9 heteroatoms. The Balaban J connectivity index is 0.00000363. The van der Waals surface area contributed by atoms with Crippen molar-refractivity contribution in [1.29, 1.82) is 0 Å². The standard InChI is InChI=1S/C23H35F2N5O.HI/c1-3-26-23(28-17(2)19-8-9-20(24)21(25)16-19)27-10-11-29-12-14-30(15-13-29)22(31)18-6-4-5-7-18;/h8-9,16-18H,3-7,10-15H2,1-2H3,(H2,26,27,28);1H. The monoisotopic (exact) mass is 563 g/mol. The Morgan fingerprint density at radius 3 is 2.47 bits per heavy atom. The van der Waals surface area contributed by atoms with Crippen LogP contribution in [0.2, 0.25) is 0 Å². The number of halogens is 3. The van der Waals surface area contributed by atoms with E-state index in [1.165, 1.54) is 18.9 Å². The molecule has 1 atom stereocenters. The number of aliphatic imine (C=N–C) groups is 1. The predicted octanol–water partition coefficient (Wildman–Crippen LogP) is 3.53. The predicted molar refractivity (Wildman–Crippen MR) is 134 cm³/mol. The lowest BCUT2D eigenvalue weighted by atomic mass is 10.1. The molecule has 0 bridgehead atoms. The Morgan fingerprint density at radius 2 is 1.84 bits per heavy atom. The van der Waals surface area contributed by atoms with Gasteiger partial charge in [-0.1, -0.05) is 18.9 Å². The Kier molecular flexibility index (Phi) is 11.1. The minimum Gasteiger partial charge on any atom is -0.357 e. The number of hydrogen-bond acceptors (Lipinski definition) is 3. The first-order chi connectivity index (χ1) is 15.0. The molecular formula is C23H36F2IN5O. The van der Waals surface area contributed by atoms with E-state index < -0.39 is 11.6 Å². The van der Waals surface area contributed by atoms with Crippen LogP contribution in [0.1, 0.15) is 51.1 Å². The lowest BCUT2D eigenvalue weighted by Gasteiger charge is -2.35. The van der Waals surface area contributed by atoms with Crippen LogP contribution in [0.15, 0.2) is 23.2 Å². The Hall–Kier alpha value is -1.49. The van der Waals surface area contributed by atoms with Crippen LogP contribution in [0.25, 0.3) is 0 Å². The van der Waals surface area contributed by atoms with Crippen molar-refractivity contribution in [2.24, 2.45) is 10.9 Å². The van der Waals surface area contributed by atoms with Gasteiger partial charge in [-0.25, -0.2) is 8.78 Å². The summed E-state index contributed by atoms with van der Waals surface area (Å²) >= 11 is 0. The van der Waals surface area contributed by atoms with E-state index in [4.69, 9.17) is 0 Å². The summed E-state index contributed by atoms with van der Waals surface area (Å²) in [5, 5.41) is 6.45. The number of guanidine groups is 1. The molecule has 1 saturated carbocycles. The van der Waals surface area contributed by atoms with Crippen LogP contribution in [-0.4, -0.2) is 67.5 Å². The Morgan fingerprint density at radius 1 is 1.16 bits per heavy atom. The summed E-state index contributed by atoms with van der Waals surface area (Å²) in [5.41, 5.74) is 0.660. The highest BCUT2D eigenvalue weighted by molar-refractivity contribution is 14.0. The van der Waals surface area contributed by atoms with Gasteiger partial charge >= 0.3 is 0 Å². The zero-order chi connectivity index (χ0) is 22.2. The first-order valence-corrected chi connectivity index (χ1v) is 11.5. The number of rotatable bonds is 7. The van der Waals surface area contributed by atoms with Gasteiger partial charge in [-0.15, -0.1) is 24.0 Å². The molecule has 1 saturated heterocycles. The SMILES string of the molecule is CCNC(=NCCN1CCN(C(=O)C2CCCC2)CC1)NC(C)c1ccc(F)c(F)c1.I. The van der Waals surface area contributed by atoms with E-state index >= 15 is 0 Å². The molecule has 0 aromatic heterocycles. The Labute approximate surface area is 207 Å². The molecule has 180 valence electrons. The molecule has 1 aliphatic carbocycles. The number of amides is 1. The van der Waals surface area contributed by atoms with Gasteiger partial charge in [0.1, 0.15) is 0 Å². The number of piperazine rings is 1. The molecule has 0 spiro atoms. The third-order valence-electron chi connectivity index (χ3n) is 6.22. The molecule has 1 heterocycles. The highest BCUT2D eigenvalue weighted by Crippen LogP contribution is 2.26. The highest BCUT2D eigenvalue weighted by atomic mass is 127. The zero-order valence-electron chi connectivity index (χ0n) is 19.1. The summed E-state index contributed by atoms with van der Waals surface area (Å²) in [4.78, 5) is 21.6. The van der Waals surface area contributed by atoms with Crippen LogP contribution in [0.5, 0.6) is 0 Å². The number of carbonyl (C=O) groups is 1. The van der Waals surface area contributed by atoms with Crippen LogP contribution in [-0.2, 0) is 4.79 Å². The summed E-state index contributed by atoms with van der Waals surface area (Å²) in [5.74, 6) is -0.448. The number of hydrogen-bond donors (Lipinski definition) is 2. The van der Waals surface area contributed by atoms with E-state index in [0.29, 0.717) is 30.5 Å². The van der Waals surface area contributed by atoms with Gasteiger partial charge in [0.2, 0.25) is 5.91 Å². The second kappa shape index (κ2) is 13.3. The van der Waals surface area contributed by atoms with Gasteiger partial charge in [-0.2, -0.15) is 0 Å². The third kappa shape index (κ3) is 7.54. The van der Waals surface area contributed by atoms with Crippen LogP contribution in [0.3, 0.4) is 0 Å². The zero-order valence-corrected chi connectivity index (χ0v) is 21.4. The summed E-state index contributed by atoms with van der Waals surface area (Å²) in [7, 11) is 0. The van der Waals surface area contributed by atoms with Gasteiger partial charge in [0.15, 0.2) is 17.6 Å². The fraction of sp³-hybridized carbons (Fsp3) is 0.652. The highest BCUT2D eigenvalue weighted by Gasteiger charge is 2.29. The van der Waals surface area contributed by atoms with Crippen molar-refractivity contribution in [1.82, 2.24) is 20.4 Å². The summed E-state index contributed by atoms with van der Waals surface area (Å²) in [6.45, 7) is 9.37. The molecule has 1 aromatic rings. The van der Waals surface area contributed by atoms with E-state index in [2.05, 4.69) is 20.5 Å². The summed E-state index contributed by atoms with van der Waals surface area (Å²) in [6, 6.07) is 3.72. The van der Waals surface area contributed by atoms with Gasteiger partial charge in [0.25, 0.3) is 0 Å². The van der Waals surface area contributed by atoms with Gasteiger partial charge in [-0.3, -0.25) is 14.7 Å². The lowest BCUT2D eigenvalue weighted by Crippen LogP contribution is -2.50. The molecule has 3 rings (SSSR count). The van der Waals surface area contributed by atoms with E-state index in [9.17, 15) is 13.6 Å². The van der Waals surface area contributed by atoms with Gasteiger partial charge in [-0.05, 0) is 44.4 Å². The molecule has 1 aliphatic heterocycles. The average Bonchev–Trinajstić information content (AvgIpc) is 3.30. The normalized spacial score (nSPS) is 18.9. The summed E-state index contributed by atoms with van der Waals surface area (Å²) < 4.78 is 26.7. The van der Waals surface area contributed by atoms with Gasteiger partial charge in [0.05, 0.1) is 12.6 Å². The van der Waals surface area contributed by atoms with Gasteiger partial charge in [0, 0.05) is 45.2 Å². The van der Waals surface area contributed by atoms with E-state index in [1.54, 1.807) is 6.07 Å². The molecule has 6 nitrogen and oxygen atoms in total. The van der Waals surface area contributed by atoms with Crippen molar-refractivity contribution < 1.29 is 13.6 Å². The largest absolute Gasteiger partial charge is 0.357 e. The fourth-order valence-electron chi connectivity index (χ4n) is 4.32. The average molecular weight is 563 g/mol. The number of nitrogens with zero attached hydrogens (tertiary/aromatic N) is 3. The minimum absolute atomic E-state index is 0. The maximum absolute atomic E-state index is 13.5. The van der Waals surface area contributed by atoms with Crippen molar-refractivity contribution in [2.75, 3.05) is 45.8 Å². The van der Waals surface area contributed by atoms with Gasteiger partial charge < -0.3 is 15.5 Å². The molecular weight excluding hydrogens is 527 g/mol. The fourth-order valence-corrected chi connectivity index (χ4v) is 4.32. The third-order valence-corrected chi connectivity index (χ3v) is 6.22. The topological polar surface area (TPSA) is 60.0 Å². The van der Waals surface area contributed by atoms with Crippen molar-refractivity contribution in [3.63, 3.8) is 0 Å². The van der Waals surface area contributed by atoms with Crippen molar-refractivity contribution in [3.05, 3.63) is 35.4 Å². The molecule has 1 unspecified atom stereocenters. The minimum atomic E-state index is -0.848. The Bertz CT molecular complexity index is 765. The van der Waals surface area contributed by atoms with E-state index in [0.717, 1.165) is 51.6 Å².